The number of nitrogens with zero attached hydrogens (tertiary/aromatic N) is 4. The van der Waals surface area contributed by atoms with Gasteiger partial charge in [-0.2, -0.15) is 15.0 Å². The lowest BCUT2D eigenvalue weighted by Gasteiger charge is -2.30. The summed E-state index contributed by atoms with van der Waals surface area (Å²) in [6.45, 7) is 5.32. The number of hydrogen-bond donors (Lipinski definition) is 3. The van der Waals surface area contributed by atoms with Crippen molar-refractivity contribution >= 4 is 34.9 Å². The van der Waals surface area contributed by atoms with Gasteiger partial charge < -0.3 is 30.1 Å². The number of ether oxygens (including phenoxy) is 2. The molecule has 1 saturated carbocycles. The Bertz CT molecular complexity index is 1430. The van der Waals surface area contributed by atoms with Gasteiger partial charge in [-0.25, -0.2) is 9.59 Å². The molecular formula is C30H40N6O7. The topological polar surface area (TPSA) is 165 Å². The predicted molar refractivity (Wildman–Crippen MR) is 155 cm³/mol. The number of hydrogen-bond acceptors (Lipinski definition) is 8. The molecule has 1 aromatic heterocycles. The molecule has 1 saturated heterocycles. The fraction of sp³-hybridized carbons (Fsp3) is 0.600. The first kappa shape index (κ1) is 30.3. The molecule has 232 valence electrons. The first-order valence-corrected chi connectivity index (χ1v) is 14.8. The number of aromatic nitrogens is 3. The monoisotopic (exact) mass is 596 g/mol. The Kier molecular flexibility index (Phi) is 8.35. The van der Waals surface area contributed by atoms with Crippen LogP contribution in [-0.4, -0.2) is 85.8 Å². The zero-order valence-electron chi connectivity index (χ0n) is 25.0. The molecule has 0 bridgehead atoms. The third kappa shape index (κ3) is 6.60. The average molecular weight is 597 g/mol. The Morgan fingerprint density at radius 1 is 1.14 bits per heavy atom. The Morgan fingerprint density at radius 2 is 1.91 bits per heavy atom. The van der Waals surface area contributed by atoms with Gasteiger partial charge in [-0.05, 0) is 58.6 Å². The fourth-order valence-electron chi connectivity index (χ4n) is 5.90. The van der Waals surface area contributed by atoms with Crippen LogP contribution in [0, 0.1) is 5.92 Å². The van der Waals surface area contributed by atoms with E-state index in [1.807, 2.05) is 12.2 Å². The number of carbonyl (C=O) groups is 4. The van der Waals surface area contributed by atoms with Crippen molar-refractivity contribution in [2.45, 2.75) is 95.0 Å². The third-order valence-corrected chi connectivity index (χ3v) is 8.26. The minimum atomic E-state index is -1.41. The van der Waals surface area contributed by atoms with Gasteiger partial charge in [0.2, 0.25) is 11.8 Å². The molecule has 13 heteroatoms. The summed E-state index contributed by atoms with van der Waals surface area (Å²) in [6.07, 6.45) is 7.02. The predicted octanol–water partition coefficient (Wildman–Crippen LogP) is 2.96. The van der Waals surface area contributed by atoms with Gasteiger partial charge in [-0.3, -0.25) is 9.59 Å². The number of alkyl carbamates (subject to hydrolysis) is 1. The molecule has 1 aliphatic carbocycles. The van der Waals surface area contributed by atoms with Crippen LogP contribution in [0.25, 0.3) is 11.0 Å². The lowest BCUT2D eigenvalue weighted by Crippen LogP contribution is -2.56. The minimum absolute atomic E-state index is 0.102. The van der Waals surface area contributed by atoms with Crippen LogP contribution < -0.4 is 15.4 Å². The van der Waals surface area contributed by atoms with E-state index in [0.29, 0.717) is 29.6 Å². The number of carboxylic acids is 1. The van der Waals surface area contributed by atoms with E-state index in [-0.39, 0.29) is 25.3 Å². The molecule has 13 nitrogen and oxygen atoms in total. The molecule has 3 amide bonds. The van der Waals surface area contributed by atoms with E-state index in [0.717, 1.165) is 19.3 Å². The number of aliphatic carboxylic acids is 1. The molecule has 5 atom stereocenters. The molecule has 0 radical (unpaired) electrons. The van der Waals surface area contributed by atoms with Gasteiger partial charge in [-0.1, -0.05) is 25.0 Å². The summed E-state index contributed by atoms with van der Waals surface area (Å²) in [7, 11) is 1.56. The van der Waals surface area contributed by atoms with Crippen molar-refractivity contribution < 1.29 is 33.8 Å². The van der Waals surface area contributed by atoms with Gasteiger partial charge in [0.1, 0.15) is 40.0 Å². The SMILES string of the molecule is COc1ccc2nn([C@H]3C[C@H]4C(=O)N[C@]5(C(=O)O)C[C@@H]5/C=C\CCCCC[C@H](NC(=O)OC(C)(C)C)C(=O)N4C3)nc2c1. The zero-order valence-corrected chi connectivity index (χ0v) is 25.0. The molecule has 43 heavy (non-hydrogen) atoms. The molecule has 0 unspecified atom stereocenters. The minimum Gasteiger partial charge on any atom is -0.497 e. The second kappa shape index (κ2) is 11.8. The van der Waals surface area contributed by atoms with Crippen LogP contribution in [0.2, 0.25) is 0 Å². The first-order chi connectivity index (χ1) is 20.4. The zero-order chi connectivity index (χ0) is 30.9. The van der Waals surface area contributed by atoms with E-state index in [2.05, 4.69) is 20.8 Å². The summed E-state index contributed by atoms with van der Waals surface area (Å²) < 4.78 is 10.7. The van der Waals surface area contributed by atoms with E-state index >= 15 is 0 Å². The lowest BCUT2D eigenvalue weighted by molar-refractivity contribution is -0.145. The van der Waals surface area contributed by atoms with E-state index in [9.17, 15) is 24.3 Å². The van der Waals surface area contributed by atoms with Crippen molar-refractivity contribution in [2.75, 3.05) is 13.7 Å². The van der Waals surface area contributed by atoms with Gasteiger partial charge in [-0.15, -0.1) is 0 Å². The molecule has 2 aliphatic heterocycles. The van der Waals surface area contributed by atoms with E-state index in [4.69, 9.17) is 9.47 Å². The van der Waals surface area contributed by atoms with Crippen LogP contribution in [0.3, 0.4) is 0 Å². The van der Waals surface area contributed by atoms with Crippen molar-refractivity contribution in [3.63, 3.8) is 0 Å². The molecule has 2 fully saturated rings. The maximum atomic E-state index is 14.1. The quantitative estimate of drug-likeness (QED) is 0.450. The highest BCUT2D eigenvalue weighted by Crippen LogP contribution is 2.45. The second-order valence-electron chi connectivity index (χ2n) is 12.6. The summed E-state index contributed by atoms with van der Waals surface area (Å²) in [5.41, 5.74) is -0.948. The number of benzene rings is 1. The van der Waals surface area contributed by atoms with Crippen LogP contribution in [-0.2, 0) is 19.1 Å². The number of amides is 3. The van der Waals surface area contributed by atoms with Crippen LogP contribution >= 0.6 is 0 Å². The summed E-state index contributed by atoms with van der Waals surface area (Å²) in [5, 5.41) is 24.7. The van der Waals surface area contributed by atoms with Gasteiger partial charge in [0, 0.05) is 24.9 Å². The van der Waals surface area contributed by atoms with Crippen LogP contribution in [0.4, 0.5) is 4.79 Å². The van der Waals surface area contributed by atoms with Gasteiger partial charge >= 0.3 is 12.1 Å². The number of carboxylic acid groups (broad SMARTS) is 1. The lowest BCUT2D eigenvalue weighted by atomic mass is 10.0. The number of carbonyl (C=O) groups excluding carboxylic acids is 3. The summed E-state index contributed by atoms with van der Waals surface area (Å²) in [6, 6.07) is 2.92. The summed E-state index contributed by atoms with van der Waals surface area (Å²) in [5.74, 6) is -1.80. The van der Waals surface area contributed by atoms with Crippen molar-refractivity contribution in [3.05, 3.63) is 30.4 Å². The number of rotatable bonds is 4. The number of allylic oxidation sites excluding steroid dienone is 1. The average Bonchev–Trinajstić information content (AvgIpc) is 3.27. The van der Waals surface area contributed by atoms with Crippen molar-refractivity contribution in [2.24, 2.45) is 5.92 Å². The molecule has 3 aliphatic rings. The van der Waals surface area contributed by atoms with Crippen LogP contribution in [0.15, 0.2) is 30.4 Å². The van der Waals surface area contributed by atoms with Crippen molar-refractivity contribution in [1.82, 2.24) is 30.5 Å². The van der Waals surface area contributed by atoms with Gasteiger partial charge in [0.05, 0.1) is 13.2 Å². The van der Waals surface area contributed by atoms with E-state index in [1.54, 1.807) is 46.1 Å². The third-order valence-electron chi connectivity index (χ3n) is 8.26. The Balaban J connectivity index is 1.46. The van der Waals surface area contributed by atoms with Crippen LogP contribution in [0.5, 0.6) is 5.75 Å². The highest BCUT2D eigenvalue weighted by Gasteiger charge is 2.61. The normalized spacial score (nSPS) is 29.0. The Morgan fingerprint density at radius 3 is 2.63 bits per heavy atom. The standard InChI is InChI=1S/C30H40N6O7/c1-29(2,3)43-28(41)31-22-11-9-7-5-6-8-10-18-16-30(18,27(39)40)32-25(37)24-14-19(17-35(24)26(22)38)36-33-21-13-12-20(42-4)15-23(21)34-36/h8,10,12-13,15,18-19,22,24H,5-7,9,11,14,16-17H2,1-4H3,(H,31,41)(H,32,37)(H,39,40)/b10-8-/t18-,19-,22-,24-,30+/m0/s1. The second-order valence-corrected chi connectivity index (χ2v) is 12.6. The van der Waals surface area contributed by atoms with Gasteiger partial charge in [0.25, 0.3) is 0 Å². The van der Waals surface area contributed by atoms with Gasteiger partial charge in [0.15, 0.2) is 0 Å². The number of methoxy groups -OCH3 is 1. The number of nitrogens with one attached hydrogen (secondary N) is 2. The molecule has 5 rings (SSSR count). The van der Waals surface area contributed by atoms with E-state index < -0.39 is 53.1 Å². The maximum absolute atomic E-state index is 14.1. The highest BCUT2D eigenvalue weighted by atomic mass is 16.6. The molecule has 3 N–H and O–H groups in total. The first-order valence-electron chi connectivity index (χ1n) is 14.8. The Labute approximate surface area is 249 Å². The molecule has 3 heterocycles. The van der Waals surface area contributed by atoms with Crippen LogP contribution in [0.1, 0.15) is 71.8 Å². The highest BCUT2D eigenvalue weighted by molar-refractivity contribution is 5.96. The van der Waals surface area contributed by atoms with E-state index in [1.165, 1.54) is 9.70 Å². The molecule has 1 aromatic carbocycles. The molecule has 0 spiro atoms. The summed E-state index contributed by atoms with van der Waals surface area (Å²) >= 11 is 0. The fourth-order valence-corrected chi connectivity index (χ4v) is 5.90. The maximum Gasteiger partial charge on any atom is 0.408 e. The Hall–Kier alpha value is -4.16. The van der Waals surface area contributed by atoms with Crippen molar-refractivity contribution in [3.8, 4) is 5.75 Å². The summed E-state index contributed by atoms with van der Waals surface area (Å²) in [4.78, 5) is 55.9. The number of fused-ring (bicyclic) bond motifs is 3. The molecular weight excluding hydrogens is 556 g/mol. The smallest absolute Gasteiger partial charge is 0.408 e. The largest absolute Gasteiger partial charge is 0.497 e. The van der Waals surface area contributed by atoms with Crippen molar-refractivity contribution in [1.29, 1.82) is 0 Å². The molecule has 2 aromatic rings.